The van der Waals surface area contributed by atoms with E-state index in [4.69, 9.17) is 9.47 Å². The molecule has 22 heavy (non-hydrogen) atoms. The van der Waals surface area contributed by atoms with Crippen LogP contribution in [-0.2, 0) is 13.1 Å². The normalized spacial score (nSPS) is 10.5. The van der Waals surface area contributed by atoms with Gasteiger partial charge in [0.15, 0.2) is 11.5 Å². The molecule has 0 heterocycles. The van der Waals surface area contributed by atoms with Crippen LogP contribution in [0.5, 0.6) is 11.5 Å². The molecule has 1 N–H and O–H groups in total. The molecule has 0 aliphatic heterocycles. The highest BCUT2D eigenvalue weighted by atomic mass is 79.9. The van der Waals surface area contributed by atoms with Crippen LogP contribution in [0.2, 0.25) is 0 Å². The standard InChI is InChI=1S/C18H22BrNO2/c1-3-9-22-18-11-16(19)15(10-17(18)21-2)13-20-12-14-7-5-4-6-8-14/h4-8,10-11,20H,3,9,12-13H2,1-2H3. The first-order chi connectivity index (χ1) is 10.7. The second-order valence-corrected chi connectivity index (χ2v) is 5.89. The minimum atomic E-state index is 0.689. The van der Waals surface area contributed by atoms with Crippen LogP contribution in [0.1, 0.15) is 24.5 Å². The van der Waals surface area contributed by atoms with E-state index in [1.807, 2.05) is 18.2 Å². The third kappa shape index (κ3) is 4.75. The average molecular weight is 364 g/mol. The first-order valence-electron chi connectivity index (χ1n) is 7.48. The van der Waals surface area contributed by atoms with E-state index in [2.05, 4.69) is 52.4 Å². The zero-order valence-corrected chi connectivity index (χ0v) is 14.7. The molecule has 0 radical (unpaired) electrons. The molecule has 0 aliphatic carbocycles. The van der Waals surface area contributed by atoms with Crippen LogP contribution in [0.3, 0.4) is 0 Å². The van der Waals surface area contributed by atoms with Crippen molar-refractivity contribution in [3.8, 4) is 11.5 Å². The lowest BCUT2D eigenvalue weighted by Gasteiger charge is -2.14. The molecule has 4 heteroatoms. The maximum atomic E-state index is 5.71. The van der Waals surface area contributed by atoms with Gasteiger partial charge in [0.05, 0.1) is 13.7 Å². The third-order valence-corrected chi connectivity index (χ3v) is 4.02. The fraction of sp³-hybridized carbons (Fsp3) is 0.333. The number of ether oxygens (including phenoxy) is 2. The van der Waals surface area contributed by atoms with Crippen molar-refractivity contribution in [3.05, 3.63) is 58.1 Å². The van der Waals surface area contributed by atoms with Gasteiger partial charge in [-0.15, -0.1) is 0 Å². The number of halogens is 1. The molecule has 0 spiro atoms. The van der Waals surface area contributed by atoms with Gasteiger partial charge in [0.1, 0.15) is 0 Å². The van der Waals surface area contributed by atoms with E-state index in [0.29, 0.717) is 6.61 Å². The van der Waals surface area contributed by atoms with Crippen molar-refractivity contribution in [3.63, 3.8) is 0 Å². The average Bonchev–Trinajstić information content (AvgIpc) is 2.55. The number of methoxy groups -OCH3 is 1. The molecule has 0 fully saturated rings. The molecule has 0 atom stereocenters. The highest BCUT2D eigenvalue weighted by molar-refractivity contribution is 9.10. The number of hydrogen-bond donors (Lipinski definition) is 1. The van der Waals surface area contributed by atoms with Crippen LogP contribution in [-0.4, -0.2) is 13.7 Å². The lowest BCUT2D eigenvalue weighted by Crippen LogP contribution is -2.13. The van der Waals surface area contributed by atoms with E-state index < -0.39 is 0 Å². The smallest absolute Gasteiger partial charge is 0.162 e. The molecular formula is C18H22BrNO2. The van der Waals surface area contributed by atoms with Gasteiger partial charge in [-0.2, -0.15) is 0 Å². The molecule has 2 aromatic carbocycles. The Hall–Kier alpha value is -1.52. The van der Waals surface area contributed by atoms with E-state index in [9.17, 15) is 0 Å². The van der Waals surface area contributed by atoms with Crippen LogP contribution >= 0.6 is 15.9 Å². The summed E-state index contributed by atoms with van der Waals surface area (Å²) < 4.78 is 12.2. The summed E-state index contributed by atoms with van der Waals surface area (Å²) in [4.78, 5) is 0. The maximum absolute atomic E-state index is 5.71. The van der Waals surface area contributed by atoms with Gasteiger partial charge in [0.25, 0.3) is 0 Å². The maximum Gasteiger partial charge on any atom is 0.162 e. The van der Waals surface area contributed by atoms with Crippen molar-refractivity contribution in [1.29, 1.82) is 0 Å². The fourth-order valence-corrected chi connectivity index (χ4v) is 2.60. The van der Waals surface area contributed by atoms with Crippen molar-refractivity contribution >= 4 is 15.9 Å². The first kappa shape index (κ1) is 16.8. The first-order valence-corrected chi connectivity index (χ1v) is 8.27. The molecule has 0 saturated heterocycles. The molecule has 118 valence electrons. The Balaban J connectivity index is 2.01. The van der Waals surface area contributed by atoms with Crippen molar-refractivity contribution < 1.29 is 9.47 Å². The van der Waals surface area contributed by atoms with Crippen molar-refractivity contribution in [2.24, 2.45) is 0 Å². The largest absolute Gasteiger partial charge is 0.493 e. The van der Waals surface area contributed by atoms with E-state index >= 15 is 0 Å². The zero-order chi connectivity index (χ0) is 15.8. The van der Waals surface area contributed by atoms with Crippen molar-refractivity contribution in [1.82, 2.24) is 5.32 Å². The second kappa shape index (κ2) is 8.81. The van der Waals surface area contributed by atoms with Crippen molar-refractivity contribution in [2.45, 2.75) is 26.4 Å². The van der Waals surface area contributed by atoms with Gasteiger partial charge in [-0.05, 0) is 29.7 Å². The molecule has 0 amide bonds. The molecule has 2 rings (SSSR count). The van der Waals surface area contributed by atoms with Gasteiger partial charge >= 0.3 is 0 Å². The van der Waals surface area contributed by atoms with Crippen LogP contribution in [0, 0.1) is 0 Å². The highest BCUT2D eigenvalue weighted by Gasteiger charge is 2.10. The Morgan fingerprint density at radius 2 is 1.82 bits per heavy atom. The van der Waals surface area contributed by atoms with E-state index in [1.165, 1.54) is 5.56 Å². The summed E-state index contributed by atoms with van der Waals surface area (Å²) in [5.74, 6) is 1.55. The zero-order valence-electron chi connectivity index (χ0n) is 13.1. The minimum Gasteiger partial charge on any atom is -0.493 e. The number of hydrogen-bond acceptors (Lipinski definition) is 3. The number of benzene rings is 2. The second-order valence-electron chi connectivity index (χ2n) is 5.03. The lowest BCUT2D eigenvalue weighted by molar-refractivity contribution is 0.294. The predicted octanol–water partition coefficient (Wildman–Crippen LogP) is 4.54. The fourth-order valence-electron chi connectivity index (χ4n) is 2.13. The summed E-state index contributed by atoms with van der Waals surface area (Å²) in [6, 6.07) is 14.4. The molecule has 0 aromatic heterocycles. The van der Waals surface area contributed by atoms with Gasteiger partial charge in [-0.25, -0.2) is 0 Å². The Morgan fingerprint density at radius 3 is 2.50 bits per heavy atom. The lowest BCUT2D eigenvalue weighted by atomic mass is 10.2. The van der Waals surface area contributed by atoms with Crippen molar-refractivity contribution in [2.75, 3.05) is 13.7 Å². The Morgan fingerprint density at radius 1 is 1.05 bits per heavy atom. The summed E-state index contributed by atoms with van der Waals surface area (Å²) in [7, 11) is 1.67. The van der Waals surface area contributed by atoms with Crippen LogP contribution in [0.25, 0.3) is 0 Å². The van der Waals surface area contributed by atoms with Gasteiger partial charge in [0.2, 0.25) is 0 Å². The molecular weight excluding hydrogens is 342 g/mol. The quantitative estimate of drug-likeness (QED) is 0.746. The van der Waals surface area contributed by atoms with E-state index in [1.54, 1.807) is 7.11 Å². The van der Waals surface area contributed by atoms with Gasteiger partial charge < -0.3 is 14.8 Å². The Bertz CT molecular complexity index is 587. The predicted molar refractivity (Wildman–Crippen MR) is 93.5 cm³/mol. The number of rotatable bonds is 8. The summed E-state index contributed by atoms with van der Waals surface area (Å²) >= 11 is 3.61. The summed E-state index contributed by atoms with van der Waals surface area (Å²) in [5, 5.41) is 3.45. The highest BCUT2D eigenvalue weighted by Crippen LogP contribution is 2.33. The topological polar surface area (TPSA) is 30.5 Å². The molecule has 0 aliphatic rings. The van der Waals surface area contributed by atoms with Gasteiger partial charge in [-0.1, -0.05) is 53.2 Å². The van der Waals surface area contributed by atoms with E-state index in [-0.39, 0.29) is 0 Å². The Kier molecular flexibility index (Phi) is 6.74. The monoisotopic (exact) mass is 363 g/mol. The van der Waals surface area contributed by atoms with Crippen LogP contribution in [0.15, 0.2) is 46.9 Å². The van der Waals surface area contributed by atoms with Crippen LogP contribution < -0.4 is 14.8 Å². The SMILES string of the molecule is CCCOc1cc(Br)c(CNCc2ccccc2)cc1OC. The molecule has 3 nitrogen and oxygen atoms in total. The summed E-state index contributed by atoms with van der Waals surface area (Å²) in [5.41, 5.74) is 2.42. The number of nitrogens with one attached hydrogen (secondary N) is 1. The Labute approximate surface area is 140 Å². The molecule has 0 bridgehead atoms. The van der Waals surface area contributed by atoms with E-state index in [0.717, 1.165) is 41.0 Å². The van der Waals surface area contributed by atoms with Gasteiger partial charge in [0, 0.05) is 17.6 Å². The third-order valence-electron chi connectivity index (χ3n) is 3.28. The summed E-state index contributed by atoms with van der Waals surface area (Å²) in [6.07, 6.45) is 0.973. The molecule has 0 unspecified atom stereocenters. The van der Waals surface area contributed by atoms with Gasteiger partial charge in [-0.3, -0.25) is 0 Å². The molecule has 0 saturated carbocycles. The summed E-state index contributed by atoms with van der Waals surface area (Å²) in [6.45, 7) is 4.38. The molecule has 2 aromatic rings. The van der Waals surface area contributed by atoms with Crippen LogP contribution in [0.4, 0.5) is 0 Å². The minimum absolute atomic E-state index is 0.689.